The van der Waals surface area contributed by atoms with Gasteiger partial charge in [-0.1, -0.05) is 68.1 Å². The Morgan fingerprint density at radius 1 is 1.08 bits per heavy atom. The van der Waals surface area contributed by atoms with Crippen molar-refractivity contribution in [2.45, 2.75) is 70.6 Å². The Kier molecular flexibility index (Phi) is 8.68. The fraction of sp³-hybridized carbons (Fsp3) is 0.370. The smallest absolute Gasteiger partial charge is 0.277 e. The molecule has 0 fully saturated rings. The number of anilines is 1. The van der Waals surface area contributed by atoms with E-state index in [9.17, 15) is 18.5 Å². The predicted molar refractivity (Wildman–Crippen MR) is 142 cm³/mol. The Hall–Kier alpha value is -3.46. The average molecular weight is 512 g/mol. The van der Waals surface area contributed by atoms with Crippen molar-refractivity contribution in [2.75, 3.05) is 4.72 Å². The van der Waals surface area contributed by atoms with Crippen LogP contribution in [0.3, 0.4) is 0 Å². The van der Waals surface area contributed by atoms with E-state index in [1.807, 2.05) is 12.1 Å². The number of nitrogens with zero attached hydrogens (tertiary/aromatic N) is 2. The zero-order valence-corrected chi connectivity index (χ0v) is 22.0. The Morgan fingerprint density at radius 3 is 2.42 bits per heavy atom. The number of hydrogen-bond donors (Lipinski definition) is 1. The van der Waals surface area contributed by atoms with Crippen LogP contribution in [0.5, 0.6) is 0 Å². The molecule has 0 radical (unpaired) electrons. The topological polar surface area (TPSA) is 115 Å². The van der Waals surface area contributed by atoms with Crippen LogP contribution in [0, 0.1) is 30.9 Å². The molecule has 36 heavy (non-hydrogen) atoms. The van der Waals surface area contributed by atoms with E-state index >= 15 is 0 Å². The van der Waals surface area contributed by atoms with E-state index in [1.54, 1.807) is 45.0 Å². The summed E-state index contributed by atoms with van der Waals surface area (Å²) in [5.41, 5.74) is 2.23. The lowest BCUT2D eigenvalue weighted by Gasteiger charge is -2.21. The number of allylic oxidation sites excluding steroid dienone is 1. The lowest BCUT2D eigenvalue weighted by molar-refractivity contribution is -0.384. The third-order valence-corrected chi connectivity index (χ3v) is 8.07. The summed E-state index contributed by atoms with van der Waals surface area (Å²) in [6.45, 7) is 11.3. The van der Waals surface area contributed by atoms with E-state index in [1.165, 1.54) is 6.07 Å². The highest BCUT2D eigenvalue weighted by Crippen LogP contribution is 2.40. The van der Waals surface area contributed by atoms with Gasteiger partial charge in [0.1, 0.15) is 5.76 Å². The molecular formula is C27H33N3O5S. The van der Waals surface area contributed by atoms with E-state index in [-0.39, 0.29) is 33.4 Å². The number of nitrogens with one attached hydrogen (secondary N) is 1. The molecular weight excluding hydrogens is 478 g/mol. The van der Waals surface area contributed by atoms with E-state index < -0.39 is 14.9 Å². The molecule has 1 unspecified atom stereocenters. The molecule has 2 aromatic carbocycles. The van der Waals surface area contributed by atoms with Crippen LogP contribution in [0.2, 0.25) is 0 Å². The number of aryl methyl sites for hydroxylation is 1. The molecule has 3 rings (SSSR count). The van der Waals surface area contributed by atoms with Gasteiger partial charge in [0, 0.05) is 23.1 Å². The highest BCUT2D eigenvalue weighted by atomic mass is 32.2. The molecule has 1 atom stereocenters. The van der Waals surface area contributed by atoms with Gasteiger partial charge in [-0.3, -0.25) is 14.8 Å². The number of sulfonamides is 1. The maximum absolute atomic E-state index is 13.8. The third kappa shape index (κ3) is 5.67. The molecule has 1 N–H and O–H groups in total. The van der Waals surface area contributed by atoms with Crippen LogP contribution < -0.4 is 4.72 Å². The molecule has 0 aliphatic rings. The standard InChI is InChI=1S/C27H33N3O5S/c1-6-8-9-10-13-21(7-2)22-16-17-24(23-14-11-12-15-25(23)30(31)32)26(19(22)4)36(33,34)29-27-18(3)20(5)35-28-27/h7,11-12,14-17,21H,2,6,8-10,13H2,1,3-5H3,(H,28,29). The molecule has 8 nitrogen and oxygen atoms in total. The summed E-state index contributed by atoms with van der Waals surface area (Å²) in [6.07, 6.45) is 7.02. The van der Waals surface area contributed by atoms with Crippen molar-refractivity contribution < 1.29 is 17.9 Å². The first-order chi connectivity index (χ1) is 17.1. The monoisotopic (exact) mass is 511 g/mol. The number of aromatic nitrogens is 1. The average Bonchev–Trinajstić information content (AvgIpc) is 3.15. The summed E-state index contributed by atoms with van der Waals surface area (Å²) in [4.78, 5) is 11.3. The van der Waals surface area contributed by atoms with Gasteiger partial charge in [-0.15, -0.1) is 6.58 Å². The van der Waals surface area contributed by atoms with Crippen LogP contribution in [0.15, 0.2) is 58.5 Å². The maximum Gasteiger partial charge on any atom is 0.277 e. The molecule has 0 aliphatic heterocycles. The minimum atomic E-state index is -4.20. The van der Waals surface area contributed by atoms with Gasteiger partial charge in [-0.25, -0.2) is 8.42 Å². The van der Waals surface area contributed by atoms with Crippen LogP contribution in [0.4, 0.5) is 11.5 Å². The Balaban J connectivity index is 2.21. The van der Waals surface area contributed by atoms with Crippen LogP contribution in [-0.2, 0) is 10.0 Å². The van der Waals surface area contributed by atoms with Crippen molar-refractivity contribution in [2.24, 2.45) is 0 Å². The fourth-order valence-corrected chi connectivity index (χ4v) is 5.95. The molecule has 9 heteroatoms. The maximum atomic E-state index is 13.8. The summed E-state index contributed by atoms with van der Waals surface area (Å²) < 4.78 is 35.3. The Bertz CT molecular complexity index is 1360. The first kappa shape index (κ1) is 27.1. The van der Waals surface area contributed by atoms with Gasteiger partial charge >= 0.3 is 0 Å². The van der Waals surface area contributed by atoms with Crippen molar-refractivity contribution >= 4 is 21.5 Å². The van der Waals surface area contributed by atoms with Crippen molar-refractivity contribution in [3.63, 3.8) is 0 Å². The minimum Gasteiger partial charge on any atom is -0.359 e. The Morgan fingerprint density at radius 2 is 1.81 bits per heavy atom. The molecule has 1 heterocycles. The lowest BCUT2D eigenvalue weighted by Crippen LogP contribution is -2.18. The van der Waals surface area contributed by atoms with Gasteiger partial charge in [0.05, 0.1) is 15.4 Å². The van der Waals surface area contributed by atoms with Gasteiger partial charge in [-0.2, -0.15) is 0 Å². The lowest BCUT2D eigenvalue weighted by atomic mass is 9.88. The Labute approximate surface area is 212 Å². The summed E-state index contributed by atoms with van der Waals surface area (Å²) in [6, 6.07) is 9.66. The summed E-state index contributed by atoms with van der Waals surface area (Å²) in [5.74, 6) is 0.535. The van der Waals surface area contributed by atoms with E-state index in [4.69, 9.17) is 4.52 Å². The highest BCUT2D eigenvalue weighted by Gasteiger charge is 2.30. The second kappa shape index (κ2) is 11.5. The summed E-state index contributed by atoms with van der Waals surface area (Å²) in [5, 5.41) is 15.6. The van der Waals surface area contributed by atoms with Crippen LogP contribution >= 0.6 is 0 Å². The van der Waals surface area contributed by atoms with Crippen LogP contribution in [-0.4, -0.2) is 18.5 Å². The SMILES string of the molecule is C=CC(CCCCCC)c1ccc(-c2ccccc2[N+](=O)[O-])c(S(=O)(=O)Nc2noc(C)c2C)c1C. The minimum absolute atomic E-state index is 0.0187. The number of rotatable bonds is 12. The van der Waals surface area contributed by atoms with Crippen LogP contribution in [0.1, 0.15) is 67.4 Å². The fourth-order valence-electron chi connectivity index (χ4n) is 4.41. The van der Waals surface area contributed by atoms with Crippen molar-refractivity contribution in [3.05, 3.63) is 81.6 Å². The molecule has 192 valence electrons. The number of nitro benzene ring substituents is 1. The van der Waals surface area contributed by atoms with Gasteiger partial charge in [0.2, 0.25) is 0 Å². The largest absolute Gasteiger partial charge is 0.359 e. The number of unbranched alkanes of at least 4 members (excludes halogenated alkanes) is 3. The summed E-state index contributed by atoms with van der Waals surface area (Å²) in [7, 11) is -4.20. The second-order valence-corrected chi connectivity index (χ2v) is 10.6. The van der Waals surface area contributed by atoms with Crippen molar-refractivity contribution in [3.8, 4) is 11.1 Å². The third-order valence-electron chi connectivity index (χ3n) is 6.55. The molecule has 0 spiro atoms. The van der Waals surface area contributed by atoms with Crippen molar-refractivity contribution in [1.82, 2.24) is 5.16 Å². The molecule has 0 saturated carbocycles. The molecule has 0 saturated heterocycles. The van der Waals surface area contributed by atoms with Crippen molar-refractivity contribution in [1.29, 1.82) is 0 Å². The number of nitro groups is 1. The normalized spacial score (nSPS) is 12.3. The summed E-state index contributed by atoms with van der Waals surface area (Å²) >= 11 is 0. The zero-order chi connectivity index (χ0) is 26.5. The quantitative estimate of drug-likeness (QED) is 0.119. The first-order valence-electron chi connectivity index (χ1n) is 12.1. The van der Waals surface area contributed by atoms with Gasteiger partial charge in [-0.05, 0) is 44.4 Å². The van der Waals surface area contributed by atoms with E-state index in [0.717, 1.165) is 37.7 Å². The van der Waals surface area contributed by atoms with E-state index in [2.05, 4.69) is 23.4 Å². The molecule has 0 bridgehead atoms. The first-order valence-corrected chi connectivity index (χ1v) is 13.6. The van der Waals surface area contributed by atoms with Gasteiger partial charge < -0.3 is 4.52 Å². The van der Waals surface area contributed by atoms with Gasteiger partial charge in [0.15, 0.2) is 5.82 Å². The molecule has 0 aliphatic carbocycles. The predicted octanol–water partition coefficient (Wildman–Crippen LogP) is 7.22. The van der Waals surface area contributed by atoms with E-state index in [0.29, 0.717) is 16.9 Å². The molecule has 0 amide bonds. The zero-order valence-electron chi connectivity index (χ0n) is 21.2. The molecule has 3 aromatic rings. The second-order valence-electron chi connectivity index (χ2n) is 8.94. The van der Waals surface area contributed by atoms with Crippen LogP contribution in [0.25, 0.3) is 11.1 Å². The number of para-hydroxylation sites is 1. The number of hydrogen-bond acceptors (Lipinski definition) is 6. The number of benzene rings is 2. The molecule has 1 aromatic heterocycles. The van der Waals surface area contributed by atoms with Gasteiger partial charge in [0.25, 0.3) is 15.7 Å². The highest BCUT2D eigenvalue weighted by molar-refractivity contribution is 7.93.